The number of Topliss-reactive ketones (excluding diaryl/α,β-unsaturated/α-hetero) is 1. The van der Waals surface area contributed by atoms with Crippen LogP contribution in [-0.2, 0) is 19.1 Å². The molecule has 0 amide bonds. The van der Waals surface area contributed by atoms with Crippen LogP contribution < -0.4 is 0 Å². The predicted molar refractivity (Wildman–Crippen MR) is 42.4 cm³/mol. The first-order chi connectivity index (χ1) is 5.63. The van der Waals surface area contributed by atoms with Crippen molar-refractivity contribution in [2.24, 2.45) is 0 Å². The zero-order valence-electron chi connectivity index (χ0n) is 7.42. The molecule has 4 nitrogen and oxygen atoms in total. The largest absolute Gasteiger partial charge is 0.504 e. The molecular formula is C8H12O4. The number of carbonyl (C=O) groups excluding carboxylic acids is 2. The van der Waals surface area contributed by atoms with Crippen LogP contribution in [0.3, 0.4) is 0 Å². The third-order valence-corrected chi connectivity index (χ3v) is 1.11. The average Bonchev–Trinajstić information content (AvgIpc) is 2.04. The lowest BCUT2D eigenvalue weighted by Crippen LogP contribution is -2.18. The van der Waals surface area contributed by atoms with Gasteiger partial charge in [-0.2, -0.15) is 0 Å². The van der Waals surface area contributed by atoms with Crippen molar-refractivity contribution < 1.29 is 19.1 Å². The topological polar surface area (TPSA) is 52.6 Å². The highest BCUT2D eigenvalue weighted by Gasteiger charge is 2.16. The summed E-state index contributed by atoms with van der Waals surface area (Å²) in [6, 6.07) is 0. The van der Waals surface area contributed by atoms with E-state index in [0.29, 0.717) is 0 Å². The molecule has 0 fully saturated rings. The maximum atomic E-state index is 11.0. The number of hydrogen-bond donors (Lipinski definition) is 0. The molecule has 0 N–H and O–H groups in total. The normalized spacial score (nSPS) is 10.8. The summed E-state index contributed by atoms with van der Waals surface area (Å²) in [5, 5.41) is 0. The van der Waals surface area contributed by atoms with Crippen LogP contribution in [0.1, 0.15) is 13.8 Å². The van der Waals surface area contributed by atoms with Gasteiger partial charge >= 0.3 is 5.97 Å². The third-order valence-electron chi connectivity index (χ3n) is 1.11. The molecule has 0 aliphatic rings. The molecule has 4 heteroatoms. The van der Waals surface area contributed by atoms with Crippen LogP contribution in [0.4, 0.5) is 0 Å². The summed E-state index contributed by atoms with van der Waals surface area (Å²) in [5.74, 6) is -1.51. The van der Waals surface area contributed by atoms with E-state index in [-0.39, 0.29) is 12.2 Å². The summed E-state index contributed by atoms with van der Waals surface area (Å²) >= 11 is 0. The van der Waals surface area contributed by atoms with Gasteiger partial charge in [0.1, 0.15) is 0 Å². The quantitative estimate of drug-likeness (QED) is 0.270. The van der Waals surface area contributed by atoms with Crippen LogP contribution in [0, 0.1) is 0 Å². The van der Waals surface area contributed by atoms with Gasteiger partial charge in [0.25, 0.3) is 5.78 Å². The van der Waals surface area contributed by atoms with Crippen molar-refractivity contribution in [3.05, 3.63) is 11.8 Å². The van der Waals surface area contributed by atoms with E-state index in [2.05, 4.69) is 9.47 Å². The fourth-order valence-electron chi connectivity index (χ4n) is 0.588. The summed E-state index contributed by atoms with van der Waals surface area (Å²) in [6.07, 6.45) is 1.21. The van der Waals surface area contributed by atoms with Crippen LogP contribution >= 0.6 is 0 Å². The molecule has 0 aliphatic carbocycles. The lowest BCUT2D eigenvalue weighted by molar-refractivity contribution is -0.151. The van der Waals surface area contributed by atoms with Crippen molar-refractivity contribution in [1.82, 2.24) is 0 Å². The summed E-state index contributed by atoms with van der Waals surface area (Å²) in [7, 11) is 1.40. The van der Waals surface area contributed by atoms with Gasteiger partial charge in [0.15, 0.2) is 0 Å². The molecule has 0 rings (SSSR count). The first-order valence-corrected chi connectivity index (χ1v) is 3.54. The number of hydrogen-bond acceptors (Lipinski definition) is 4. The van der Waals surface area contributed by atoms with Gasteiger partial charge in [-0.1, -0.05) is 0 Å². The maximum Gasteiger partial charge on any atom is 0.379 e. The first-order valence-electron chi connectivity index (χ1n) is 3.54. The van der Waals surface area contributed by atoms with Gasteiger partial charge in [-0.25, -0.2) is 4.79 Å². The number of ether oxygens (including phenoxy) is 2. The number of methoxy groups -OCH3 is 1. The molecule has 0 atom stereocenters. The Morgan fingerprint density at radius 2 is 2.00 bits per heavy atom. The van der Waals surface area contributed by atoms with Gasteiger partial charge < -0.3 is 9.47 Å². The third kappa shape index (κ3) is 3.18. The van der Waals surface area contributed by atoms with E-state index in [1.807, 2.05) is 0 Å². The minimum Gasteiger partial charge on any atom is -0.504 e. The fraction of sp³-hybridized carbons (Fsp3) is 0.500. The van der Waals surface area contributed by atoms with Gasteiger partial charge in [0, 0.05) is 5.57 Å². The Morgan fingerprint density at radius 3 is 2.42 bits per heavy atom. The molecule has 0 spiro atoms. The van der Waals surface area contributed by atoms with Crippen molar-refractivity contribution in [3.63, 3.8) is 0 Å². The number of carbonyl (C=O) groups is 2. The second-order valence-corrected chi connectivity index (χ2v) is 2.09. The van der Waals surface area contributed by atoms with Crippen molar-refractivity contribution in [2.75, 3.05) is 13.7 Å². The molecule has 12 heavy (non-hydrogen) atoms. The standard InChI is InChI=1S/C8H12O4/c1-4-12-8(10)7(9)6(2)5-11-3/h5H,4H2,1-3H3/b6-5+. The van der Waals surface area contributed by atoms with Crippen molar-refractivity contribution >= 4 is 11.8 Å². The van der Waals surface area contributed by atoms with E-state index >= 15 is 0 Å². The molecule has 0 radical (unpaired) electrons. The van der Waals surface area contributed by atoms with Crippen LogP contribution in [-0.4, -0.2) is 25.5 Å². The molecule has 0 unspecified atom stereocenters. The second kappa shape index (κ2) is 5.35. The summed E-state index contributed by atoms with van der Waals surface area (Å²) in [5.41, 5.74) is 0.232. The van der Waals surface area contributed by atoms with Crippen molar-refractivity contribution in [1.29, 1.82) is 0 Å². The van der Waals surface area contributed by atoms with Crippen LogP contribution in [0.25, 0.3) is 0 Å². The van der Waals surface area contributed by atoms with Crippen molar-refractivity contribution in [3.8, 4) is 0 Å². The Bertz CT molecular complexity index is 205. The van der Waals surface area contributed by atoms with Gasteiger partial charge in [-0.15, -0.1) is 0 Å². The fourth-order valence-corrected chi connectivity index (χ4v) is 0.588. The van der Waals surface area contributed by atoms with E-state index in [0.717, 1.165) is 0 Å². The van der Waals surface area contributed by atoms with E-state index in [4.69, 9.17) is 0 Å². The van der Waals surface area contributed by atoms with E-state index in [1.165, 1.54) is 20.3 Å². The molecule has 0 heterocycles. The Kier molecular flexibility index (Phi) is 4.76. The molecule has 0 bridgehead atoms. The van der Waals surface area contributed by atoms with Gasteiger partial charge in [-0.3, -0.25) is 4.79 Å². The summed E-state index contributed by atoms with van der Waals surface area (Å²) < 4.78 is 9.05. The molecule has 0 aliphatic heterocycles. The van der Waals surface area contributed by atoms with Crippen LogP contribution in [0.5, 0.6) is 0 Å². The molecule has 0 aromatic heterocycles. The smallest absolute Gasteiger partial charge is 0.379 e. The Morgan fingerprint density at radius 1 is 1.42 bits per heavy atom. The minimum absolute atomic E-state index is 0.199. The Labute approximate surface area is 71.2 Å². The molecule has 0 saturated heterocycles. The van der Waals surface area contributed by atoms with Gasteiger partial charge in [0.05, 0.1) is 20.0 Å². The van der Waals surface area contributed by atoms with E-state index in [9.17, 15) is 9.59 Å². The molecule has 0 aromatic carbocycles. The lowest BCUT2D eigenvalue weighted by atomic mass is 10.2. The van der Waals surface area contributed by atoms with E-state index in [1.54, 1.807) is 6.92 Å². The SMILES string of the molecule is CCOC(=O)C(=O)/C(C)=C/OC. The van der Waals surface area contributed by atoms with Gasteiger partial charge in [-0.05, 0) is 13.8 Å². The Balaban J connectivity index is 4.19. The lowest BCUT2D eigenvalue weighted by Gasteiger charge is -1.99. The molecule has 0 saturated carbocycles. The summed E-state index contributed by atoms with van der Waals surface area (Å²) in [4.78, 5) is 21.8. The molecular weight excluding hydrogens is 160 g/mol. The number of ketones is 1. The second-order valence-electron chi connectivity index (χ2n) is 2.09. The number of esters is 1. The van der Waals surface area contributed by atoms with E-state index < -0.39 is 11.8 Å². The van der Waals surface area contributed by atoms with Crippen molar-refractivity contribution in [2.45, 2.75) is 13.8 Å². The monoisotopic (exact) mass is 172 g/mol. The highest BCUT2D eigenvalue weighted by atomic mass is 16.5. The minimum atomic E-state index is -0.844. The average molecular weight is 172 g/mol. The zero-order chi connectivity index (χ0) is 9.56. The maximum absolute atomic E-state index is 11.0. The first kappa shape index (κ1) is 10.7. The Hall–Kier alpha value is -1.32. The highest BCUT2D eigenvalue weighted by molar-refractivity contribution is 6.40. The summed E-state index contributed by atoms with van der Waals surface area (Å²) in [6.45, 7) is 3.33. The zero-order valence-corrected chi connectivity index (χ0v) is 7.42. The molecule has 68 valence electrons. The molecule has 0 aromatic rings. The predicted octanol–water partition coefficient (Wildman–Crippen LogP) is 0.669. The number of rotatable bonds is 4. The van der Waals surface area contributed by atoms with Crippen LogP contribution in [0.15, 0.2) is 11.8 Å². The highest BCUT2D eigenvalue weighted by Crippen LogP contribution is 1.96. The van der Waals surface area contributed by atoms with Crippen LogP contribution in [0.2, 0.25) is 0 Å². The van der Waals surface area contributed by atoms with Gasteiger partial charge in [0.2, 0.25) is 0 Å².